The fraction of sp³-hybridized carbons (Fsp3) is 0.182. The molecule has 1 aromatic heterocycles. The van der Waals surface area contributed by atoms with E-state index in [1.807, 2.05) is 0 Å². The highest BCUT2D eigenvalue weighted by Crippen LogP contribution is 1.99. The number of nitrogens with zero attached hydrogens (tertiary/aromatic N) is 1. The Morgan fingerprint density at radius 1 is 1.07 bits per heavy atom. The molecule has 1 aromatic carbocycles. The summed E-state index contributed by atoms with van der Waals surface area (Å²) < 4.78 is 3.64. The maximum absolute atomic E-state index is 2.28. The van der Waals surface area contributed by atoms with Crippen molar-refractivity contribution in [2.45, 2.75) is 6.54 Å². The topological polar surface area (TPSA) is 3.01 Å². The SMILES string of the molecule is C[N+](Cc1ccccc1)=c1sccs1. The van der Waals surface area contributed by atoms with Gasteiger partial charge in [0.15, 0.2) is 6.54 Å². The van der Waals surface area contributed by atoms with Crippen LogP contribution in [-0.4, -0.2) is 7.05 Å². The Kier molecular flexibility index (Phi) is 3.11. The molecule has 1 heterocycles. The highest BCUT2D eigenvalue weighted by atomic mass is 32.2. The van der Waals surface area contributed by atoms with Gasteiger partial charge in [-0.3, -0.25) is 0 Å². The molecule has 2 aromatic rings. The van der Waals surface area contributed by atoms with E-state index in [1.54, 1.807) is 22.7 Å². The molecule has 0 saturated heterocycles. The van der Waals surface area contributed by atoms with Crippen LogP contribution in [0.5, 0.6) is 0 Å². The summed E-state index contributed by atoms with van der Waals surface area (Å²) in [5, 5.41) is 4.25. The lowest BCUT2D eigenvalue weighted by Crippen LogP contribution is -2.20. The Labute approximate surface area is 91.6 Å². The molecule has 0 atom stereocenters. The van der Waals surface area contributed by atoms with Gasteiger partial charge >= 0.3 is 3.98 Å². The smallest absolute Gasteiger partial charge is 0.210 e. The fourth-order valence-electron chi connectivity index (χ4n) is 1.30. The zero-order chi connectivity index (χ0) is 9.80. The van der Waals surface area contributed by atoms with Gasteiger partial charge in [0.2, 0.25) is 0 Å². The lowest BCUT2D eigenvalue weighted by molar-refractivity contribution is 0.688. The first-order chi connectivity index (χ1) is 6.86. The van der Waals surface area contributed by atoms with E-state index in [9.17, 15) is 0 Å². The van der Waals surface area contributed by atoms with Gasteiger partial charge in [0.05, 0.1) is 0 Å². The molecule has 0 aliphatic carbocycles. The van der Waals surface area contributed by atoms with E-state index in [2.05, 4.69) is 52.7 Å². The Bertz CT molecular complexity index is 437. The first-order valence-electron chi connectivity index (χ1n) is 4.46. The molecular formula is C11H12NS2+. The maximum Gasteiger partial charge on any atom is 0.313 e. The minimum atomic E-state index is 0.984. The van der Waals surface area contributed by atoms with Crippen molar-refractivity contribution in [1.29, 1.82) is 0 Å². The minimum Gasteiger partial charge on any atom is -0.210 e. The molecule has 0 spiro atoms. The summed E-state index contributed by atoms with van der Waals surface area (Å²) in [6.45, 7) is 0.984. The van der Waals surface area contributed by atoms with Crippen molar-refractivity contribution in [2.75, 3.05) is 7.05 Å². The fourth-order valence-corrected chi connectivity index (χ4v) is 3.02. The monoisotopic (exact) mass is 222 g/mol. The van der Waals surface area contributed by atoms with Crippen LogP contribution in [0.2, 0.25) is 0 Å². The summed E-state index contributed by atoms with van der Waals surface area (Å²) in [6.07, 6.45) is 0. The third kappa shape index (κ3) is 2.30. The average Bonchev–Trinajstić information content (AvgIpc) is 2.72. The largest absolute Gasteiger partial charge is 0.313 e. The number of rotatable bonds is 2. The van der Waals surface area contributed by atoms with Crippen LogP contribution < -0.4 is 8.56 Å². The van der Waals surface area contributed by atoms with Crippen LogP contribution in [0.15, 0.2) is 41.1 Å². The van der Waals surface area contributed by atoms with E-state index in [0.29, 0.717) is 0 Å². The van der Waals surface area contributed by atoms with Gasteiger partial charge in [-0.15, -0.1) is 0 Å². The third-order valence-corrected chi connectivity index (χ3v) is 4.29. The molecule has 0 N–H and O–H groups in total. The van der Waals surface area contributed by atoms with Crippen molar-refractivity contribution in [3.05, 3.63) is 50.6 Å². The highest BCUT2D eigenvalue weighted by molar-refractivity contribution is 7.24. The predicted molar refractivity (Wildman–Crippen MR) is 63.5 cm³/mol. The molecule has 0 aliphatic rings. The Morgan fingerprint density at radius 2 is 1.71 bits per heavy atom. The summed E-state index contributed by atoms with van der Waals surface area (Å²) in [6, 6.07) is 10.5. The van der Waals surface area contributed by atoms with Crippen molar-refractivity contribution in [2.24, 2.45) is 0 Å². The normalized spacial score (nSPS) is 10.1. The van der Waals surface area contributed by atoms with Crippen LogP contribution in [-0.2, 0) is 6.54 Å². The van der Waals surface area contributed by atoms with Crippen molar-refractivity contribution in [3.63, 3.8) is 0 Å². The molecule has 3 heteroatoms. The maximum atomic E-state index is 2.28. The lowest BCUT2D eigenvalue weighted by atomic mass is 10.2. The second kappa shape index (κ2) is 4.53. The minimum absolute atomic E-state index is 0.984. The molecule has 0 saturated carbocycles. The van der Waals surface area contributed by atoms with Gasteiger partial charge < -0.3 is 0 Å². The van der Waals surface area contributed by atoms with Gasteiger partial charge in [0.25, 0.3) is 0 Å². The molecule has 72 valence electrons. The van der Waals surface area contributed by atoms with E-state index >= 15 is 0 Å². The first kappa shape index (κ1) is 9.62. The Hall–Kier alpha value is -0.930. The molecule has 0 fully saturated rings. The van der Waals surface area contributed by atoms with E-state index < -0.39 is 0 Å². The van der Waals surface area contributed by atoms with Gasteiger partial charge in [-0.1, -0.05) is 53.0 Å². The Balaban J connectivity index is 2.26. The van der Waals surface area contributed by atoms with E-state index in [-0.39, 0.29) is 0 Å². The first-order valence-corrected chi connectivity index (χ1v) is 6.22. The zero-order valence-electron chi connectivity index (χ0n) is 8.01. The van der Waals surface area contributed by atoms with Crippen LogP contribution in [0, 0.1) is 0 Å². The van der Waals surface area contributed by atoms with E-state index in [0.717, 1.165) is 6.54 Å². The van der Waals surface area contributed by atoms with Crippen molar-refractivity contribution >= 4 is 22.7 Å². The van der Waals surface area contributed by atoms with Gasteiger partial charge in [-0.25, -0.2) is 4.58 Å². The van der Waals surface area contributed by atoms with Gasteiger partial charge in [-0.2, -0.15) is 0 Å². The quantitative estimate of drug-likeness (QED) is 0.687. The standard InChI is InChI=1S/C11H12NS2/c1-12(11-13-7-8-14-11)9-10-5-3-2-4-6-10/h2-8H,9H2,1H3/q+1. The summed E-state index contributed by atoms with van der Waals surface area (Å²) in [5.74, 6) is 0. The van der Waals surface area contributed by atoms with Crippen LogP contribution in [0.25, 0.3) is 0 Å². The molecule has 0 aliphatic heterocycles. The summed E-state index contributed by atoms with van der Waals surface area (Å²) in [5.41, 5.74) is 1.36. The van der Waals surface area contributed by atoms with Crippen LogP contribution >= 0.6 is 22.7 Å². The molecule has 1 nitrogen and oxygen atoms in total. The number of benzene rings is 1. The van der Waals surface area contributed by atoms with Gasteiger partial charge in [0, 0.05) is 16.3 Å². The second-order valence-electron chi connectivity index (χ2n) is 3.12. The van der Waals surface area contributed by atoms with E-state index in [4.69, 9.17) is 0 Å². The zero-order valence-corrected chi connectivity index (χ0v) is 9.65. The molecule has 2 rings (SSSR count). The van der Waals surface area contributed by atoms with Crippen LogP contribution in [0.3, 0.4) is 0 Å². The highest BCUT2D eigenvalue weighted by Gasteiger charge is 2.01. The molecule has 0 bridgehead atoms. The Morgan fingerprint density at radius 3 is 2.36 bits per heavy atom. The average molecular weight is 222 g/mol. The predicted octanol–water partition coefficient (Wildman–Crippen LogP) is 2.41. The summed E-state index contributed by atoms with van der Waals surface area (Å²) in [7, 11) is 2.13. The van der Waals surface area contributed by atoms with Crippen molar-refractivity contribution < 1.29 is 0 Å². The molecule has 14 heavy (non-hydrogen) atoms. The molecular weight excluding hydrogens is 210 g/mol. The summed E-state index contributed by atoms with van der Waals surface area (Å²) in [4.78, 5) is 0. The number of hydrogen-bond donors (Lipinski definition) is 0. The van der Waals surface area contributed by atoms with E-state index in [1.165, 1.54) is 9.55 Å². The second-order valence-corrected chi connectivity index (χ2v) is 5.16. The molecule has 0 radical (unpaired) electrons. The lowest BCUT2D eigenvalue weighted by Gasteiger charge is -1.95. The molecule has 0 amide bonds. The number of hydrogen-bond acceptors (Lipinski definition) is 2. The van der Waals surface area contributed by atoms with Crippen molar-refractivity contribution in [1.82, 2.24) is 4.58 Å². The molecule has 0 unspecified atom stereocenters. The summed E-state index contributed by atoms with van der Waals surface area (Å²) >= 11 is 3.59. The van der Waals surface area contributed by atoms with Gasteiger partial charge in [-0.05, 0) is 0 Å². The third-order valence-electron chi connectivity index (χ3n) is 1.97. The van der Waals surface area contributed by atoms with Crippen LogP contribution in [0.1, 0.15) is 5.56 Å². The van der Waals surface area contributed by atoms with Crippen molar-refractivity contribution in [3.8, 4) is 0 Å². The van der Waals surface area contributed by atoms with Gasteiger partial charge in [0.1, 0.15) is 7.05 Å². The van der Waals surface area contributed by atoms with Crippen LogP contribution in [0.4, 0.5) is 0 Å².